The van der Waals surface area contributed by atoms with Crippen molar-refractivity contribution in [3.63, 3.8) is 0 Å². The third-order valence-electron chi connectivity index (χ3n) is 2.75. The standard InChI is InChI=1S/C15H13BrCl2N2O/c16-11-3-1-2-4-13(11)20-15(21)7-8-19-14-6-5-10(17)9-12(14)18/h1-6,9,19H,7-8H2,(H,20,21). The second-order valence-corrected chi connectivity index (χ2v) is 6.03. The Balaban J connectivity index is 1.83. The third-order valence-corrected chi connectivity index (χ3v) is 3.99. The van der Waals surface area contributed by atoms with Crippen molar-refractivity contribution in [1.29, 1.82) is 0 Å². The fraction of sp³-hybridized carbons (Fsp3) is 0.133. The number of carbonyl (C=O) groups excluding carboxylic acids is 1. The molecule has 2 N–H and O–H groups in total. The van der Waals surface area contributed by atoms with Crippen LogP contribution in [0.4, 0.5) is 11.4 Å². The zero-order chi connectivity index (χ0) is 15.2. The van der Waals surface area contributed by atoms with Crippen molar-refractivity contribution in [1.82, 2.24) is 0 Å². The minimum absolute atomic E-state index is 0.0699. The van der Waals surface area contributed by atoms with Gasteiger partial charge in [-0.3, -0.25) is 4.79 Å². The Kier molecular flexibility index (Phi) is 5.91. The molecule has 0 bridgehead atoms. The summed E-state index contributed by atoms with van der Waals surface area (Å²) in [5.41, 5.74) is 1.52. The lowest BCUT2D eigenvalue weighted by Gasteiger charge is -2.10. The largest absolute Gasteiger partial charge is 0.383 e. The molecule has 0 unspecified atom stereocenters. The highest BCUT2D eigenvalue weighted by Crippen LogP contribution is 2.25. The van der Waals surface area contributed by atoms with Crippen LogP contribution in [0.5, 0.6) is 0 Å². The van der Waals surface area contributed by atoms with Crippen LogP contribution < -0.4 is 10.6 Å². The molecule has 0 aliphatic rings. The predicted molar refractivity (Wildman–Crippen MR) is 92.3 cm³/mol. The molecule has 0 saturated carbocycles. The first-order chi connectivity index (χ1) is 10.1. The Morgan fingerprint density at radius 3 is 2.57 bits per heavy atom. The molecule has 1 amide bonds. The van der Waals surface area contributed by atoms with E-state index in [1.807, 2.05) is 24.3 Å². The minimum atomic E-state index is -0.0699. The van der Waals surface area contributed by atoms with E-state index in [0.717, 1.165) is 15.8 Å². The Morgan fingerprint density at radius 2 is 1.86 bits per heavy atom. The molecule has 0 spiro atoms. The van der Waals surface area contributed by atoms with Gasteiger partial charge in [-0.15, -0.1) is 0 Å². The van der Waals surface area contributed by atoms with Crippen molar-refractivity contribution in [3.8, 4) is 0 Å². The van der Waals surface area contributed by atoms with E-state index in [-0.39, 0.29) is 5.91 Å². The number of hydrogen-bond donors (Lipinski definition) is 2. The highest BCUT2D eigenvalue weighted by atomic mass is 79.9. The lowest BCUT2D eigenvalue weighted by molar-refractivity contribution is -0.115. The molecule has 0 aliphatic carbocycles. The molecule has 0 saturated heterocycles. The van der Waals surface area contributed by atoms with Crippen LogP contribution in [0.15, 0.2) is 46.9 Å². The van der Waals surface area contributed by atoms with Gasteiger partial charge in [-0.2, -0.15) is 0 Å². The summed E-state index contributed by atoms with van der Waals surface area (Å²) >= 11 is 15.3. The number of hydrogen-bond acceptors (Lipinski definition) is 2. The van der Waals surface area contributed by atoms with Crippen LogP contribution in [0, 0.1) is 0 Å². The van der Waals surface area contributed by atoms with Crippen molar-refractivity contribution in [3.05, 3.63) is 57.0 Å². The third kappa shape index (κ3) is 4.92. The summed E-state index contributed by atoms with van der Waals surface area (Å²) in [5, 5.41) is 7.07. The SMILES string of the molecule is O=C(CCNc1ccc(Cl)cc1Cl)Nc1ccccc1Br. The van der Waals surface area contributed by atoms with Crippen LogP contribution in [0.25, 0.3) is 0 Å². The molecule has 110 valence electrons. The van der Waals surface area contributed by atoms with Gasteiger partial charge in [0.1, 0.15) is 0 Å². The number of carbonyl (C=O) groups is 1. The lowest BCUT2D eigenvalue weighted by Crippen LogP contribution is -2.16. The molecule has 0 radical (unpaired) electrons. The van der Waals surface area contributed by atoms with Gasteiger partial charge in [0.15, 0.2) is 0 Å². The molecule has 6 heteroatoms. The summed E-state index contributed by atoms with van der Waals surface area (Å²) in [7, 11) is 0. The minimum Gasteiger partial charge on any atom is -0.383 e. The fourth-order valence-corrected chi connectivity index (χ4v) is 2.58. The van der Waals surface area contributed by atoms with E-state index in [2.05, 4.69) is 26.6 Å². The van der Waals surface area contributed by atoms with Gasteiger partial charge in [-0.1, -0.05) is 35.3 Å². The highest BCUT2D eigenvalue weighted by Gasteiger charge is 2.06. The Morgan fingerprint density at radius 1 is 1.10 bits per heavy atom. The molecule has 0 fully saturated rings. The van der Waals surface area contributed by atoms with E-state index < -0.39 is 0 Å². The number of amides is 1. The maximum absolute atomic E-state index is 11.9. The summed E-state index contributed by atoms with van der Waals surface area (Å²) in [6, 6.07) is 12.7. The maximum atomic E-state index is 11.9. The fourth-order valence-electron chi connectivity index (χ4n) is 1.72. The lowest BCUT2D eigenvalue weighted by atomic mass is 10.3. The van der Waals surface area contributed by atoms with Gasteiger partial charge in [0.05, 0.1) is 16.4 Å². The molecule has 2 aromatic carbocycles. The molecule has 21 heavy (non-hydrogen) atoms. The van der Waals surface area contributed by atoms with Gasteiger partial charge in [0.25, 0.3) is 0 Å². The maximum Gasteiger partial charge on any atom is 0.226 e. The predicted octanol–water partition coefficient (Wildman–Crippen LogP) is 5.20. The van der Waals surface area contributed by atoms with Crippen molar-refractivity contribution in [2.45, 2.75) is 6.42 Å². The topological polar surface area (TPSA) is 41.1 Å². The molecular formula is C15H13BrCl2N2O. The van der Waals surface area contributed by atoms with E-state index in [0.29, 0.717) is 23.0 Å². The van der Waals surface area contributed by atoms with Gasteiger partial charge in [-0.05, 0) is 46.3 Å². The molecule has 0 aromatic heterocycles. The van der Waals surface area contributed by atoms with Gasteiger partial charge < -0.3 is 10.6 Å². The Hall–Kier alpha value is -1.23. The molecule has 0 heterocycles. The highest BCUT2D eigenvalue weighted by molar-refractivity contribution is 9.10. The van der Waals surface area contributed by atoms with Crippen LogP contribution in [0.3, 0.4) is 0 Å². The smallest absolute Gasteiger partial charge is 0.226 e. The van der Waals surface area contributed by atoms with Crippen LogP contribution in [0.2, 0.25) is 10.0 Å². The van der Waals surface area contributed by atoms with Crippen molar-refractivity contribution < 1.29 is 4.79 Å². The van der Waals surface area contributed by atoms with E-state index >= 15 is 0 Å². The number of benzene rings is 2. The number of rotatable bonds is 5. The first-order valence-electron chi connectivity index (χ1n) is 6.29. The first-order valence-corrected chi connectivity index (χ1v) is 7.84. The summed E-state index contributed by atoms with van der Waals surface area (Å²) in [6.45, 7) is 0.484. The molecule has 3 nitrogen and oxygen atoms in total. The second-order valence-electron chi connectivity index (χ2n) is 4.33. The van der Waals surface area contributed by atoms with Gasteiger partial charge in [0.2, 0.25) is 5.91 Å². The summed E-state index contributed by atoms with van der Waals surface area (Å²) in [4.78, 5) is 11.9. The van der Waals surface area contributed by atoms with Crippen molar-refractivity contribution in [2.24, 2.45) is 0 Å². The summed E-state index contributed by atoms with van der Waals surface area (Å²) in [5.74, 6) is -0.0699. The number of halogens is 3. The first kappa shape index (κ1) is 16.1. The van der Waals surface area contributed by atoms with Crippen LogP contribution in [0.1, 0.15) is 6.42 Å². The van der Waals surface area contributed by atoms with Crippen LogP contribution >= 0.6 is 39.1 Å². The van der Waals surface area contributed by atoms with E-state index in [9.17, 15) is 4.79 Å². The quantitative estimate of drug-likeness (QED) is 0.740. The van der Waals surface area contributed by atoms with Crippen LogP contribution in [-0.2, 0) is 4.79 Å². The van der Waals surface area contributed by atoms with E-state index in [1.165, 1.54) is 0 Å². The summed E-state index contributed by atoms with van der Waals surface area (Å²) in [6.07, 6.45) is 0.334. The monoisotopic (exact) mass is 386 g/mol. The molecular weight excluding hydrogens is 375 g/mol. The number of nitrogens with one attached hydrogen (secondary N) is 2. The normalized spacial score (nSPS) is 10.2. The average molecular weight is 388 g/mol. The van der Waals surface area contributed by atoms with Crippen molar-refractivity contribution >= 4 is 56.4 Å². The van der Waals surface area contributed by atoms with Gasteiger partial charge in [-0.25, -0.2) is 0 Å². The number of anilines is 2. The molecule has 0 atom stereocenters. The second kappa shape index (κ2) is 7.69. The zero-order valence-electron chi connectivity index (χ0n) is 11.0. The van der Waals surface area contributed by atoms with Crippen LogP contribution in [-0.4, -0.2) is 12.5 Å². The number of para-hydroxylation sites is 1. The summed E-state index contributed by atoms with van der Waals surface area (Å²) < 4.78 is 0.854. The Bertz CT molecular complexity index is 649. The Labute approximate surface area is 141 Å². The van der Waals surface area contributed by atoms with E-state index in [4.69, 9.17) is 23.2 Å². The molecule has 2 rings (SSSR count). The zero-order valence-corrected chi connectivity index (χ0v) is 14.1. The van der Waals surface area contributed by atoms with E-state index in [1.54, 1.807) is 18.2 Å². The van der Waals surface area contributed by atoms with Gasteiger partial charge in [0, 0.05) is 22.5 Å². The van der Waals surface area contributed by atoms with Gasteiger partial charge >= 0.3 is 0 Å². The van der Waals surface area contributed by atoms with Crippen molar-refractivity contribution in [2.75, 3.05) is 17.2 Å². The average Bonchev–Trinajstić information content (AvgIpc) is 2.44. The molecule has 0 aliphatic heterocycles. The molecule has 2 aromatic rings.